The minimum atomic E-state index is 0.528. The van der Waals surface area contributed by atoms with Crippen LogP contribution in [-0.4, -0.2) is 68.6 Å². The lowest BCUT2D eigenvalue weighted by Gasteiger charge is -2.21. The highest BCUT2D eigenvalue weighted by molar-refractivity contribution is 5.59. The van der Waals surface area contributed by atoms with Crippen LogP contribution >= 0.6 is 0 Å². The van der Waals surface area contributed by atoms with Crippen molar-refractivity contribution in [2.24, 2.45) is 0 Å². The van der Waals surface area contributed by atoms with Gasteiger partial charge in [0.05, 0.1) is 68.6 Å². The van der Waals surface area contributed by atoms with E-state index in [9.17, 15) is 0 Å². The number of hydrogen-bond donors (Lipinski definition) is 0. The third-order valence-corrected chi connectivity index (χ3v) is 13.0. The van der Waals surface area contributed by atoms with Gasteiger partial charge in [0.1, 0.15) is 57.5 Å². The van der Waals surface area contributed by atoms with Crippen molar-refractivity contribution in [3.05, 3.63) is 116 Å². The van der Waals surface area contributed by atoms with E-state index in [1.165, 1.54) is 0 Å². The lowest BCUT2D eigenvalue weighted by Crippen LogP contribution is -2.07. The molecule has 5 aromatic rings. The van der Waals surface area contributed by atoms with Gasteiger partial charge in [-0.15, -0.1) is 0 Å². The highest BCUT2D eigenvalue weighted by Crippen LogP contribution is 2.43. The summed E-state index contributed by atoms with van der Waals surface area (Å²) in [6.07, 6.45) is 12.4. The molecule has 0 spiro atoms. The fraction of sp³-hybridized carbons (Fsp3) is 0.500. The van der Waals surface area contributed by atoms with Gasteiger partial charge in [-0.05, 0) is 92.8 Å². The third kappa shape index (κ3) is 13.9. The largest absolute Gasteiger partial charge is 0.496 e. The molecular formula is C60H80O10. The van der Waals surface area contributed by atoms with Gasteiger partial charge in [-0.3, -0.25) is 0 Å². The van der Waals surface area contributed by atoms with Crippen LogP contribution in [0.1, 0.15) is 154 Å². The highest BCUT2D eigenvalue weighted by atomic mass is 16.5. The second-order valence-electron chi connectivity index (χ2n) is 18.3. The van der Waals surface area contributed by atoms with Crippen LogP contribution < -0.4 is 47.4 Å². The van der Waals surface area contributed by atoms with E-state index >= 15 is 0 Å². The molecule has 10 nitrogen and oxygen atoms in total. The van der Waals surface area contributed by atoms with Gasteiger partial charge in [-0.1, -0.05) is 66.7 Å². The summed E-state index contributed by atoms with van der Waals surface area (Å²) >= 11 is 0. The Morgan fingerprint density at radius 2 is 0.386 bits per heavy atom. The van der Waals surface area contributed by atoms with Gasteiger partial charge >= 0.3 is 0 Å². The molecule has 10 bridgehead atoms. The average Bonchev–Trinajstić information content (AvgIpc) is 3.36. The molecular weight excluding hydrogens is 881 g/mol. The van der Waals surface area contributed by atoms with Gasteiger partial charge in [0.25, 0.3) is 0 Å². The predicted octanol–water partition coefficient (Wildman–Crippen LogP) is 13.9. The summed E-state index contributed by atoms with van der Waals surface area (Å²) < 4.78 is 64.5. The molecule has 0 aromatic heterocycles. The number of rotatable bonds is 25. The maximum Gasteiger partial charge on any atom is 0.123 e. The van der Waals surface area contributed by atoms with Gasteiger partial charge in [0, 0.05) is 87.7 Å². The topological polar surface area (TPSA) is 92.3 Å². The first-order chi connectivity index (χ1) is 34.2. The Balaban J connectivity index is 1.65. The summed E-state index contributed by atoms with van der Waals surface area (Å²) in [5.41, 5.74) is 9.85. The Morgan fingerprint density at radius 1 is 0.243 bits per heavy atom. The first kappa shape index (κ1) is 53.5. The normalized spacial score (nSPS) is 12.1. The smallest absolute Gasteiger partial charge is 0.123 e. The van der Waals surface area contributed by atoms with Gasteiger partial charge < -0.3 is 47.4 Å². The molecule has 0 fully saturated rings. The number of methoxy groups -OCH3 is 5. The zero-order chi connectivity index (χ0) is 49.8. The van der Waals surface area contributed by atoms with Crippen LogP contribution in [0, 0.1) is 0 Å². The van der Waals surface area contributed by atoms with Crippen molar-refractivity contribution < 1.29 is 47.4 Å². The number of unbranched alkanes of at least 4 members (excludes halogenated alkanes) is 5. The maximum atomic E-state index is 6.67. The van der Waals surface area contributed by atoms with E-state index < -0.39 is 0 Å². The van der Waals surface area contributed by atoms with Gasteiger partial charge in [0.2, 0.25) is 0 Å². The lowest BCUT2D eigenvalue weighted by atomic mass is 9.94. The molecule has 70 heavy (non-hydrogen) atoms. The van der Waals surface area contributed by atoms with Crippen LogP contribution in [0.25, 0.3) is 0 Å². The number of hydrogen-bond acceptors (Lipinski definition) is 10. The van der Waals surface area contributed by atoms with Crippen molar-refractivity contribution in [2.45, 2.75) is 131 Å². The van der Waals surface area contributed by atoms with Crippen molar-refractivity contribution in [3.63, 3.8) is 0 Å². The molecule has 0 saturated heterocycles. The molecule has 5 aromatic carbocycles. The fourth-order valence-corrected chi connectivity index (χ4v) is 8.88. The molecule has 10 heteroatoms. The predicted molar refractivity (Wildman–Crippen MR) is 281 cm³/mol. The van der Waals surface area contributed by atoms with Crippen LogP contribution in [-0.2, 0) is 32.1 Å². The second-order valence-corrected chi connectivity index (χ2v) is 18.3. The van der Waals surface area contributed by atoms with Crippen molar-refractivity contribution >= 4 is 0 Å². The van der Waals surface area contributed by atoms with Crippen LogP contribution in [0.5, 0.6) is 57.5 Å². The van der Waals surface area contributed by atoms with Crippen LogP contribution in [0.2, 0.25) is 0 Å². The van der Waals surface area contributed by atoms with Crippen LogP contribution in [0.15, 0.2) is 60.7 Å². The summed E-state index contributed by atoms with van der Waals surface area (Å²) in [4.78, 5) is 0. The molecule has 15 rings (SSSR count). The summed E-state index contributed by atoms with van der Waals surface area (Å²) in [5, 5.41) is 0. The van der Waals surface area contributed by atoms with Crippen molar-refractivity contribution in [1.29, 1.82) is 0 Å². The Hall–Kier alpha value is -5.90. The first-order valence-corrected chi connectivity index (χ1v) is 25.9. The highest BCUT2D eigenvalue weighted by Gasteiger charge is 2.24. The molecule has 0 heterocycles. The van der Waals surface area contributed by atoms with Crippen LogP contribution in [0.3, 0.4) is 0 Å². The third-order valence-electron chi connectivity index (χ3n) is 13.0. The van der Waals surface area contributed by atoms with E-state index in [1.54, 1.807) is 35.5 Å². The summed E-state index contributed by atoms with van der Waals surface area (Å²) in [6.45, 7) is 13.8. The average molecular weight is 961 g/mol. The van der Waals surface area contributed by atoms with E-state index in [4.69, 9.17) is 47.4 Å². The molecule has 10 aliphatic carbocycles. The number of ether oxygens (including phenoxy) is 10. The Bertz CT molecular complexity index is 2050. The number of benzene rings is 5. The Kier molecular flexibility index (Phi) is 21.0. The zero-order valence-electron chi connectivity index (χ0n) is 44.0. The summed E-state index contributed by atoms with van der Waals surface area (Å²) in [6, 6.07) is 21.3. The molecule has 0 amide bonds. The summed E-state index contributed by atoms with van der Waals surface area (Å²) in [7, 11) is 8.66. The van der Waals surface area contributed by atoms with Gasteiger partial charge in [0.15, 0.2) is 0 Å². The Morgan fingerprint density at radius 3 is 0.529 bits per heavy atom. The maximum absolute atomic E-state index is 6.67. The van der Waals surface area contributed by atoms with E-state index in [2.05, 4.69) is 95.3 Å². The molecule has 0 unspecified atom stereocenters. The van der Waals surface area contributed by atoms with Crippen molar-refractivity contribution in [3.8, 4) is 57.5 Å². The van der Waals surface area contributed by atoms with E-state index in [0.717, 1.165) is 177 Å². The molecule has 0 aliphatic heterocycles. The van der Waals surface area contributed by atoms with E-state index in [-0.39, 0.29) is 0 Å². The molecule has 380 valence electrons. The minimum Gasteiger partial charge on any atom is -0.496 e. The lowest BCUT2D eigenvalue weighted by molar-refractivity contribution is 0.303. The molecule has 0 saturated carbocycles. The standard InChI is InChI=1S/C60H80O10/c1-11-16-21-66-56-36-41-27-47-32-53(63-8)43(38-58(47)68-23-18-13-3)29-49-34-55(65-10)45(40-60(49)70-25-20-15-5)30-50-35-54(64-9)44(39-59(50)69-24-19-14-4)28-48-33-52(62-7)42(26-46(56)31-51(41)61-6)37-57(48)67-22-17-12-2/h31-40H,11-30H2,1-10H3. The Labute approximate surface area is 419 Å². The van der Waals surface area contributed by atoms with E-state index in [1.807, 2.05) is 0 Å². The molecule has 0 N–H and O–H groups in total. The molecule has 0 radical (unpaired) electrons. The SMILES string of the molecule is CCCCOc1cc2c(OC)cc1Cc1cc(OCCCC)c(cc1OC)Cc1cc(OCCCC)c(cc1OC)Cc1cc(OCCCC)c(cc1OC)Cc1cc(OCCCC)c(cc1OC)C2. The minimum absolute atomic E-state index is 0.528. The van der Waals surface area contributed by atoms with Crippen molar-refractivity contribution in [1.82, 2.24) is 0 Å². The van der Waals surface area contributed by atoms with Gasteiger partial charge in [-0.2, -0.15) is 0 Å². The fourth-order valence-electron chi connectivity index (χ4n) is 8.88. The van der Waals surface area contributed by atoms with Crippen molar-refractivity contribution in [2.75, 3.05) is 68.6 Å². The zero-order valence-corrected chi connectivity index (χ0v) is 44.0. The first-order valence-electron chi connectivity index (χ1n) is 25.9. The second kappa shape index (κ2) is 27.5. The quantitative estimate of drug-likeness (QED) is 0.0517. The van der Waals surface area contributed by atoms with E-state index in [0.29, 0.717) is 65.1 Å². The van der Waals surface area contributed by atoms with Gasteiger partial charge in [-0.25, -0.2) is 0 Å². The monoisotopic (exact) mass is 961 g/mol. The van der Waals surface area contributed by atoms with Crippen LogP contribution in [0.4, 0.5) is 0 Å². The summed E-state index contributed by atoms with van der Waals surface area (Å²) in [5.74, 6) is 7.82. The molecule has 0 atom stereocenters. The molecule has 10 aliphatic rings.